The van der Waals surface area contributed by atoms with Gasteiger partial charge in [0.05, 0.1) is 5.69 Å². The molecular formula is C9H17N3S. The van der Waals surface area contributed by atoms with E-state index in [1.54, 1.807) is 0 Å². The SMILES string of the molecule is CCC(C)(CC)NCc1csnn1. The van der Waals surface area contributed by atoms with Gasteiger partial charge in [-0.15, -0.1) is 5.10 Å². The molecule has 74 valence electrons. The van der Waals surface area contributed by atoms with E-state index < -0.39 is 0 Å². The maximum absolute atomic E-state index is 3.99. The lowest BCUT2D eigenvalue weighted by atomic mass is 9.95. The van der Waals surface area contributed by atoms with Crippen molar-refractivity contribution in [2.24, 2.45) is 0 Å². The number of rotatable bonds is 5. The fourth-order valence-corrected chi connectivity index (χ4v) is 1.52. The number of hydrogen-bond acceptors (Lipinski definition) is 4. The first-order valence-electron chi connectivity index (χ1n) is 4.71. The molecule has 0 saturated carbocycles. The van der Waals surface area contributed by atoms with Gasteiger partial charge >= 0.3 is 0 Å². The molecule has 0 amide bonds. The van der Waals surface area contributed by atoms with Crippen LogP contribution in [0.15, 0.2) is 5.38 Å². The molecule has 1 aromatic rings. The average Bonchev–Trinajstić information content (AvgIpc) is 2.67. The van der Waals surface area contributed by atoms with Crippen LogP contribution in [0.4, 0.5) is 0 Å². The quantitative estimate of drug-likeness (QED) is 0.790. The van der Waals surface area contributed by atoms with Gasteiger partial charge in [-0.2, -0.15) is 0 Å². The van der Waals surface area contributed by atoms with E-state index in [4.69, 9.17) is 0 Å². The lowest BCUT2D eigenvalue weighted by Crippen LogP contribution is -2.40. The third kappa shape index (κ3) is 3.04. The first-order chi connectivity index (χ1) is 6.20. The molecule has 0 aliphatic heterocycles. The average molecular weight is 199 g/mol. The molecule has 13 heavy (non-hydrogen) atoms. The standard InChI is InChI=1S/C9H17N3S/c1-4-9(3,5-2)10-6-8-7-13-12-11-8/h7,10H,4-6H2,1-3H3. The van der Waals surface area contributed by atoms with Gasteiger partial charge < -0.3 is 5.32 Å². The minimum absolute atomic E-state index is 0.240. The molecule has 1 rings (SSSR count). The second-order valence-corrected chi connectivity index (χ2v) is 4.13. The first-order valence-corrected chi connectivity index (χ1v) is 5.55. The number of nitrogens with zero attached hydrogens (tertiary/aromatic N) is 2. The number of nitrogens with one attached hydrogen (secondary N) is 1. The fraction of sp³-hybridized carbons (Fsp3) is 0.778. The van der Waals surface area contributed by atoms with Crippen LogP contribution in [0.3, 0.4) is 0 Å². The molecule has 0 fully saturated rings. The van der Waals surface area contributed by atoms with Gasteiger partial charge in [0.25, 0.3) is 0 Å². The minimum atomic E-state index is 0.240. The van der Waals surface area contributed by atoms with Gasteiger partial charge in [0, 0.05) is 17.5 Å². The van der Waals surface area contributed by atoms with Gasteiger partial charge in [-0.1, -0.05) is 18.3 Å². The second kappa shape index (κ2) is 4.67. The lowest BCUT2D eigenvalue weighted by molar-refractivity contribution is 0.327. The van der Waals surface area contributed by atoms with E-state index in [-0.39, 0.29) is 5.54 Å². The van der Waals surface area contributed by atoms with Crippen molar-refractivity contribution in [3.05, 3.63) is 11.1 Å². The molecule has 0 aromatic carbocycles. The Morgan fingerprint density at radius 2 is 2.15 bits per heavy atom. The Balaban J connectivity index is 2.41. The van der Waals surface area contributed by atoms with Crippen LogP contribution in [0, 0.1) is 0 Å². The summed E-state index contributed by atoms with van der Waals surface area (Å²) < 4.78 is 3.83. The van der Waals surface area contributed by atoms with Crippen molar-refractivity contribution in [1.82, 2.24) is 14.9 Å². The summed E-state index contributed by atoms with van der Waals surface area (Å²) >= 11 is 1.40. The monoisotopic (exact) mass is 199 g/mol. The molecule has 4 heteroatoms. The Hall–Kier alpha value is -0.480. The maximum Gasteiger partial charge on any atom is 0.0893 e. The van der Waals surface area contributed by atoms with E-state index in [1.165, 1.54) is 11.5 Å². The van der Waals surface area contributed by atoms with E-state index in [2.05, 4.69) is 35.7 Å². The highest BCUT2D eigenvalue weighted by Gasteiger charge is 2.18. The van der Waals surface area contributed by atoms with Crippen molar-refractivity contribution in [3.8, 4) is 0 Å². The molecule has 1 aromatic heterocycles. The zero-order chi connectivity index (χ0) is 9.73. The number of hydrogen-bond donors (Lipinski definition) is 1. The summed E-state index contributed by atoms with van der Waals surface area (Å²) in [6.45, 7) is 7.48. The van der Waals surface area contributed by atoms with Crippen LogP contribution < -0.4 is 5.32 Å². The van der Waals surface area contributed by atoms with Crippen LogP contribution in [0.25, 0.3) is 0 Å². The van der Waals surface area contributed by atoms with Crippen molar-refractivity contribution in [2.45, 2.75) is 45.7 Å². The summed E-state index contributed by atoms with van der Waals surface area (Å²) in [7, 11) is 0. The van der Waals surface area contributed by atoms with E-state index in [0.29, 0.717) is 0 Å². The summed E-state index contributed by atoms with van der Waals surface area (Å²) in [5, 5.41) is 9.48. The van der Waals surface area contributed by atoms with Crippen LogP contribution >= 0.6 is 11.5 Å². The van der Waals surface area contributed by atoms with Crippen LogP contribution in [0.5, 0.6) is 0 Å². The van der Waals surface area contributed by atoms with Crippen LogP contribution in [0.1, 0.15) is 39.3 Å². The lowest BCUT2D eigenvalue weighted by Gasteiger charge is -2.27. The topological polar surface area (TPSA) is 37.8 Å². The van der Waals surface area contributed by atoms with Crippen LogP contribution in [0.2, 0.25) is 0 Å². The highest BCUT2D eigenvalue weighted by atomic mass is 32.1. The molecule has 0 bridgehead atoms. The summed E-state index contributed by atoms with van der Waals surface area (Å²) in [4.78, 5) is 0. The molecular weight excluding hydrogens is 182 g/mol. The van der Waals surface area contributed by atoms with Gasteiger partial charge in [0.2, 0.25) is 0 Å². The highest BCUT2D eigenvalue weighted by molar-refractivity contribution is 7.03. The highest BCUT2D eigenvalue weighted by Crippen LogP contribution is 2.14. The molecule has 1 heterocycles. The zero-order valence-electron chi connectivity index (χ0n) is 8.50. The molecule has 0 aliphatic carbocycles. The molecule has 0 spiro atoms. The van der Waals surface area contributed by atoms with Crippen molar-refractivity contribution < 1.29 is 0 Å². The van der Waals surface area contributed by atoms with Gasteiger partial charge in [0.1, 0.15) is 0 Å². The second-order valence-electron chi connectivity index (χ2n) is 3.52. The van der Waals surface area contributed by atoms with E-state index >= 15 is 0 Å². The van der Waals surface area contributed by atoms with Crippen molar-refractivity contribution in [2.75, 3.05) is 0 Å². The van der Waals surface area contributed by atoms with E-state index in [0.717, 1.165) is 25.1 Å². The largest absolute Gasteiger partial charge is 0.306 e. The van der Waals surface area contributed by atoms with E-state index in [1.807, 2.05) is 5.38 Å². The normalized spacial score (nSPS) is 11.9. The van der Waals surface area contributed by atoms with Gasteiger partial charge in [-0.3, -0.25) is 0 Å². The van der Waals surface area contributed by atoms with Crippen molar-refractivity contribution in [1.29, 1.82) is 0 Å². The Morgan fingerprint density at radius 3 is 2.62 bits per heavy atom. The predicted octanol–water partition coefficient (Wildman–Crippen LogP) is 2.21. The minimum Gasteiger partial charge on any atom is -0.306 e. The Bertz CT molecular complexity index is 229. The third-order valence-corrected chi connectivity index (χ3v) is 3.22. The molecule has 0 aliphatic rings. The molecule has 0 atom stereocenters. The molecule has 1 N–H and O–H groups in total. The zero-order valence-corrected chi connectivity index (χ0v) is 9.32. The Labute approximate surface area is 83.7 Å². The third-order valence-electron chi connectivity index (χ3n) is 2.66. The fourth-order valence-electron chi connectivity index (χ4n) is 1.06. The molecule has 3 nitrogen and oxygen atoms in total. The van der Waals surface area contributed by atoms with Gasteiger partial charge in [-0.25, -0.2) is 0 Å². The van der Waals surface area contributed by atoms with Crippen molar-refractivity contribution in [3.63, 3.8) is 0 Å². The molecule has 0 saturated heterocycles. The smallest absolute Gasteiger partial charge is 0.0893 e. The number of aromatic nitrogens is 2. The van der Waals surface area contributed by atoms with Crippen molar-refractivity contribution >= 4 is 11.5 Å². The van der Waals surface area contributed by atoms with Gasteiger partial charge in [0.15, 0.2) is 0 Å². The predicted molar refractivity (Wildman–Crippen MR) is 55.7 cm³/mol. The maximum atomic E-state index is 3.99. The Morgan fingerprint density at radius 1 is 1.46 bits per heavy atom. The summed E-state index contributed by atoms with van der Waals surface area (Å²) in [5.74, 6) is 0. The Kier molecular flexibility index (Phi) is 3.81. The first kappa shape index (κ1) is 10.6. The van der Waals surface area contributed by atoms with Crippen LogP contribution in [-0.2, 0) is 6.54 Å². The summed E-state index contributed by atoms with van der Waals surface area (Å²) in [5.41, 5.74) is 1.28. The molecule has 0 unspecified atom stereocenters. The summed E-state index contributed by atoms with van der Waals surface area (Å²) in [6, 6.07) is 0. The summed E-state index contributed by atoms with van der Waals surface area (Å²) in [6.07, 6.45) is 2.28. The van der Waals surface area contributed by atoms with Crippen LogP contribution in [-0.4, -0.2) is 15.1 Å². The van der Waals surface area contributed by atoms with Gasteiger partial charge in [-0.05, 0) is 31.3 Å². The molecule has 0 radical (unpaired) electrons. The van der Waals surface area contributed by atoms with E-state index in [9.17, 15) is 0 Å².